The number of amides is 1. The van der Waals surface area contributed by atoms with Gasteiger partial charge >= 0.3 is 0 Å². The molecule has 9 heteroatoms. The van der Waals surface area contributed by atoms with Gasteiger partial charge in [0.2, 0.25) is 11.5 Å². The average Bonchev–Trinajstić information content (AvgIpc) is 2.93. The number of anilines is 1. The molecule has 9 nitrogen and oxygen atoms in total. The second-order valence-corrected chi connectivity index (χ2v) is 3.81. The molecule has 1 heterocycles. The number of nitrogen functional groups attached to an aromatic ring is 1. The molecular formula is C12H13N5O4. The van der Waals surface area contributed by atoms with Crippen molar-refractivity contribution < 1.29 is 18.9 Å². The smallest absolute Gasteiger partial charge is 0.297 e. The molecule has 1 aromatic heterocycles. The lowest BCUT2D eigenvalue weighted by Gasteiger charge is -2.07. The minimum Gasteiger partial charge on any atom is -0.493 e. The van der Waals surface area contributed by atoms with Gasteiger partial charge < -0.3 is 15.2 Å². The number of methoxy groups -OCH3 is 2. The van der Waals surface area contributed by atoms with Crippen LogP contribution < -0.4 is 20.6 Å². The van der Waals surface area contributed by atoms with E-state index in [4.69, 9.17) is 15.2 Å². The second-order valence-electron chi connectivity index (χ2n) is 3.81. The Bertz CT molecular complexity index is 667. The zero-order chi connectivity index (χ0) is 15.2. The largest absolute Gasteiger partial charge is 0.493 e. The molecule has 0 aliphatic carbocycles. The van der Waals surface area contributed by atoms with Gasteiger partial charge in [0.25, 0.3) is 5.91 Å². The number of nitrogens with two attached hydrogens (primary N) is 1. The van der Waals surface area contributed by atoms with Crippen LogP contribution in [0.25, 0.3) is 0 Å². The lowest BCUT2D eigenvalue weighted by Crippen LogP contribution is -2.19. The number of benzene rings is 1. The van der Waals surface area contributed by atoms with Gasteiger partial charge in [0, 0.05) is 0 Å². The van der Waals surface area contributed by atoms with Gasteiger partial charge in [-0.1, -0.05) is 0 Å². The molecule has 110 valence electrons. The summed E-state index contributed by atoms with van der Waals surface area (Å²) in [6, 6.07) is 5.19. The third-order valence-electron chi connectivity index (χ3n) is 2.52. The summed E-state index contributed by atoms with van der Waals surface area (Å²) in [6.45, 7) is 0. The van der Waals surface area contributed by atoms with E-state index in [0.29, 0.717) is 17.1 Å². The van der Waals surface area contributed by atoms with Crippen molar-refractivity contribution in [1.29, 1.82) is 0 Å². The van der Waals surface area contributed by atoms with Crippen LogP contribution in [0.5, 0.6) is 11.5 Å². The molecule has 0 saturated heterocycles. The van der Waals surface area contributed by atoms with Crippen LogP contribution >= 0.6 is 0 Å². The van der Waals surface area contributed by atoms with Crippen molar-refractivity contribution >= 4 is 17.9 Å². The third kappa shape index (κ3) is 3.26. The van der Waals surface area contributed by atoms with Crippen molar-refractivity contribution in [1.82, 2.24) is 15.7 Å². The molecule has 0 atom stereocenters. The van der Waals surface area contributed by atoms with Crippen LogP contribution in [-0.2, 0) is 0 Å². The summed E-state index contributed by atoms with van der Waals surface area (Å²) in [6.07, 6.45) is 1.43. The number of aromatic nitrogens is 2. The molecule has 21 heavy (non-hydrogen) atoms. The Balaban J connectivity index is 2.05. The number of carbonyl (C=O) groups is 1. The van der Waals surface area contributed by atoms with Gasteiger partial charge in [-0.3, -0.25) is 4.79 Å². The first-order valence-corrected chi connectivity index (χ1v) is 5.79. The van der Waals surface area contributed by atoms with E-state index in [2.05, 4.69) is 25.5 Å². The topological polar surface area (TPSA) is 125 Å². The monoisotopic (exact) mass is 291 g/mol. The lowest BCUT2D eigenvalue weighted by molar-refractivity contribution is 0.0946. The summed E-state index contributed by atoms with van der Waals surface area (Å²) in [7, 11) is 3.07. The Kier molecular flexibility index (Phi) is 4.34. The number of rotatable bonds is 5. The third-order valence-corrected chi connectivity index (χ3v) is 2.52. The van der Waals surface area contributed by atoms with E-state index >= 15 is 0 Å². The van der Waals surface area contributed by atoms with E-state index < -0.39 is 5.91 Å². The first-order valence-electron chi connectivity index (χ1n) is 5.79. The number of carbonyl (C=O) groups excluding carboxylic acids is 1. The van der Waals surface area contributed by atoms with E-state index in [-0.39, 0.29) is 11.5 Å². The van der Waals surface area contributed by atoms with Crippen molar-refractivity contribution in [2.24, 2.45) is 5.10 Å². The van der Waals surface area contributed by atoms with Crippen LogP contribution in [0.1, 0.15) is 16.1 Å². The quantitative estimate of drug-likeness (QED) is 0.604. The normalized spacial score (nSPS) is 10.6. The van der Waals surface area contributed by atoms with Crippen molar-refractivity contribution in [3.63, 3.8) is 0 Å². The minimum absolute atomic E-state index is 0.103. The first-order chi connectivity index (χ1) is 10.2. The fraction of sp³-hybridized carbons (Fsp3) is 0.167. The first kappa shape index (κ1) is 14.3. The van der Waals surface area contributed by atoms with E-state index in [1.54, 1.807) is 25.3 Å². The molecule has 0 fully saturated rings. The van der Waals surface area contributed by atoms with Gasteiger partial charge in [-0.25, -0.2) is 10.1 Å². The fourth-order valence-electron chi connectivity index (χ4n) is 1.50. The van der Waals surface area contributed by atoms with Crippen molar-refractivity contribution in [2.45, 2.75) is 0 Å². The SMILES string of the molecule is COc1ccc(C=NNC(=O)c2nonc2N)cc1OC. The second kappa shape index (κ2) is 6.37. The summed E-state index contributed by atoms with van der Waals surface area (Å²) in [5.41, 5.74) is 8.22. The molecule has 2 rings (SSSR count). The molecule has 0 bridgehead atoms. The molecule has 0 saturated carbocycles. The van der Waals surface area contributed by atoms with Gasteiger partial charge in [0.15, 0.2) is 11.5 Å². The molecule has 1 amide bonds. The number of nitrogens with one attached hydrogen (secondary N) is 1. The molecule has 0 radical (unpaired) electrons. The zero-order valence-corrected chi connectivity index (χ0v) is 11.4. The van der Waals surface area contributed by atoms with Crippen LogP contribution in [0.4, 0.5) is 5.82 Å². The van der Waals surface area contributed by atoms with Gasteiger partial charge in [-0.2, -0.15) is 5.10 Å². The van der Waals surface area contributed by atoms with Gasteiger partial charge in [-0.05, 0) is 34.1 Å². The molecular weight excluding hydrogens is 278 g/mol. The summed E-state index contributed by atoms with van der Waals surface area (Å²) in [5.74, 6) is 0.428. The summed E-state index contributed by atoms with van der Waals surface area (Å²) in [5, 5.41) is 10.4. The number of hydrazone groups is 1. The van der Waals surface area contributed by atoms with Crippen LogP contribution in [0.3, 0.4) is 0 Å². The van der Waals surface area contributed by atoms with Gasteiger partial charge in [0.05, 0.1) is 20.4 Å². The Morgan fingerprint density at radius 1 is 1.33 bits per heavy atom. The maximum Gasteiger partial charge on any atom is 0.297 e. The minimum atomic E-state index is -0.620. The predicted octanol–water partition coefficient (Wildman–Crippen LogP) is 0.433. The number of hydrogen-bond acceptors (Lipinski definition) is 8. The van der Waals surface area contributed by atoms with Gasteiger partial charge in [0.1, 0.15) is 0 Å². The van der Waals surface area contributed by atoms with E-state index in [0.717, 1.165) is 0 Å². The molecule has 3 N–H and O–H groups in total. The Morgan fingerprint density at radius 3 is 2.71 bits per heavy atom. The highest BCUT2D eigenvalue weighted by molar-refractivity contribution is 5.96. The highest BCUT2D eigenvalue weighted by atomic mass is 16.6. The van der Waals surface area contributed by atoms with Crippen LogP contribution in [0.15, 0.2) is 27.9 Å². The average molecular weight is 291 g/mol. The maximum absolute atomic E-state index is 11.6. The highest BCUT2D eigenvalue weighted by Crippen LogP contribution is 2.26. The van der Waals surface area contributed by atoms with Crippen LogP contribution in [0.2, 0.25) is 0 Å². The molecule has 1 aromatic carbocycles. The zero-order valence-electron chi connectivity index (χ0n) is 11.4. The summed E-state index contributed by atoms with van der Waals surface area (Å²) >= 11 is 0. The van der Waals surface area contributed by atoms with E-state index in [1.807, 2.05) is 0 Å². The molecule has 0 spiro atoms. The summed E-state index contributed by atoms with van der Waals surface area (Å²) < 4.78 is 14.6. The lowest BCUT2D eigenvalue weighted by atomic mass is 10.2. The highest BCUT2D eigenvalue weighted by Gasteiger charge is 2.14. The van der Waals surface area contributed by atoms with E-state index in [9.17, 15) is 4.79 Å². The molecule has 2 aromatic rings. The van der Waals surface area contributed by atoms with Gasteiger partial charge in [-0.15, -0.1) is 0 Å². The summed E-state index contributed by atoms with van der Waals surface area (Å²) in [4.78, 5) is 11.6. The Hall–Kier alpha value is -3.10. The molecule has 0 unspecified atom stereocenters. The fourth-order valence-corrected chi connectivity index (χ4v) is 1.50. The maximum atomic E-state index is 11.6. The number of nitrogens with zero attached hydrogens (tertiary/aromatic N) is 3. The Morgan fingerprint density at radius 2 is 2.10 bits per heavy atom. The van der Waals surface area contributed by atoms with Crippen LogP contribution in [-0.4, -0.2) is 36.7 Å². The number of hydrogen-bond donors (Lipinski definition) is 2. The predicted molar refractivity (Wildman–Crippen MR) is 73.3 cm³/mol. The molecule has 0 aliphatic heterocycles. The van der Waals surface area contributed by atoms with Crippen molar-refractivity contribution in [3.05, 3.63) is 29.5 Å². The van der Waals surface area contributed by atoms with Crippen molar-refractivity contribution in [2.75, 3.05) is 20.0 Å². The van der Waals surface area contributed by atoms with Crippen molar-refractivity contribution in [3.8, 4) is 11.5 Å². The standard InChI is InChI=1S/C12H13N5O4/c1-19-8-4-3-7(5-9(8)20-2)6-14-15-12(18)10-11(13)17-21-16-10/h3-6H,1-2H3,(H2,13,17)(H,15,18). The van der Waals surface area contributed by atoms with E-state index in [1.165, 1.54) is 13.3 Å². The number of ether oxygens (including phenoxy) is 2. The van der Waals surface area contributed by atoms with Crippen LogP contribution in [0, 0.1) is 0 Å². The molecule has 0 aliphatic rings. The Labute approximate surface area is 119 Å².